The Bertz CT molecular complexity index is 605. The van der Waals surface area contributed by atoms with Crippen LogP contribution in [0.2, 0.25) is 5.02 Å². The van der Waals surface area contributed by atoms with Crippen LogP contribution in [0.4, 0.5) is 18.9 Å². The van der Waals surface area contributed by atoms with Gasteiger partial charge in [-0.05, 0) is 31.5 Å². The predicted octanol–water partition coefficient (Wildman–Crippen LogP) is 5.05. The lowest BCUT2D eigenvalue weighted by molar-refractivity contribution is -0.137. The van der Waals surface area contributed by atoms with Crippen LogP contribution in [-0.2, 0) is 6.18 Å². The van der Waals surface area contributed by atoms with E-state index in [9.17, 15) is 13.2 Å². The normalized spacial score (nSPS) is 14.2. The van der Waals surface area contributed by atoms with E-state index >= 15 is 0 Å². The molecule has 1 aromatic carbocycles. The Kier molecular flexibility index (Phi) is 8.02. The van der Waals surface area contributed by atoms with Crippen LogP contribution in [0.15, 0.2) is 28.3 Å². The highest BCUT2D eigenvalue weighted by atomic mass is 79.9. The number of rotatable bonds is 7. The summed E-state index contributed by atoms with van der Waals surface area (Å²) < 4.78 is 39.2. The molecule has 24 heavy (non-hydrogen) atoms. The van der Waals surface area contributed by atoms with Gasteiger partial charge in [-0.1, -0.05) is 34.5 Å². The van der Waals surface area contributed by atoms with Crippen LogP contribution in [-0.4, -0.2) is 23.5 Å². The first-order chi connectivity index (χ1) is 11.2. The Morgan fingerprint density at radius 1 is 1.42 bits per heavy atom. The number of nitrogens with zero attached hydrogens (tertiary/aromatic N) is 3. The summed E-state index contributed by atoms with van der Waals surface area (Å²) in [5, 5.41) is 5.29. The standard InChI is InChI=1S/C15H19BrClF3N4/c1-3-7-23-24(13(16)9-14(21)22-4-2)10-5-6-12(17)11(8-10)15(18,19)20/h5-8,13H,3-4,9H2,1-2H3,(H2,21,22)/b23-7-. The van der Waals surface area contributed by atoms with Crippen molar-refractivity contribution in [3.8, 4) is 0 Å². The molecule has 4 nitrogen and oxygen atoms in total. The summed E-state index contributed by atoms with van der Waals surface area (Å²) >= 11 is 9.08. The Hall–Kier alpha value is -1.28. The molecule has 0 heterocycles. The first-order valence-corrected chi connectivity index (χ1v) is 8.61. The van der Waals surface area contributed by atoms with Crippen molar-refractivity contribution in [1.82, 2.24) is 0 Å². The molecule has 0 aliphatic heterocycles. The molecule has 1 unspecified atom stereocenters. The molecule has 2 N–H and O–H groups in total. The number of hydrazone groups is 1. The first-order valence-electron chi connectivity index (χ1n) is 7.31. The Labute approximate surface area is 152 Å². The van der Waals surface area contributed by atoms with Gasteiger partial charge in [-0.2, -0.15) is 18.3 Å². The second kappa shape index (κ2) is 9.27. The van der Waals surface area contributed by atoms with E-state index in [2.05, 4.69) is 26.0 Å². The number of nitrogens with two attached hydrogens (primary N) is 1. The van der Waals surface area contributed by atoms with Crippen LogP contribution in [0.5, 0.6) is 0 Å². The number of amidine groups is 1. The van der Waals surface area contributed by atoms with Gasteiger partial charge in [0.05, 0.1) is 22.1 Å². The highest BCUT2D eigenvalue weighted by Gasteiger charge is 2.34. The van der Waals surface area contributed by atoms with Crippen LogP contribution in [0.1, 0.15) is 32.3 Å². The molecule has 0 aliphatic rings. The van der Waals surface area contributed by atoms with Crippen molar-refractivity contribution in [2.24, 2.45) is 15.8 Å². The third-order valence-corrected chi connectivity index (χ3v) is 3.95. The molecular formula is C15H19BrClF3N4. The summed E-state index contributed by atoms with van der Waals surface area (Å²) in [6.45, 7) is 4.25. The molecular weight excluding hydrogens is 409 g/mol. The van der Waals surface area contributed by atoms with Gasteiger partial charge in [0.2, 0.25) is 0 Å². The van der Waals surface area contributed by atoms with Gasteiger partial charge in [-0.3, -0.25) is 10.0 Å². The monoisotopic (exact) mass is 426 g/mol. The van der Waals surface area contributed by atoms with Gasteiger partial charge < -0.3 is 5.73 Å². The summed E-state index contributed by atoms with van der Waals surface area (Å²) in [5.41, 5.74) is 5.14. The maximum absolute atomic E-state index is 13.1. The van der Waals surface area contributed by atoms with E-state index in [1.807, 2.05) is 13.8 Å². The number of alkyl halides is 4. The summed E-state index contributed by atoms with van der Waals surface area (Å²) in [5.74, 6) is 0.390. The van der Waals surface area contributed by atoms with Crippen molar-refractivity contribution in [3.05, 3.63) is 28.8 Å². The highest BCUT2D eigenvalue weighted by molar-refractivity contribution is 9.09. The first kappa shape index (κ1) is 20.8. The SMILES string of the molecule is CC/C=N\N(c1ccc(Cl)c(C(F)(F)F)c1)C(Br)CC(N)=NCC. The van der Waals surface area contributed by atoms with Crippen molar-refractivity contribution >= 4 is 45.3 Å². The molecule has 0 aromatic heterocycles. The maximum Gasteiger partial charge on any atom is 0.417 e. The fourth-order valence-electron chi connectivity index (χ4n) is 1.87. The van der Waals surface area contributed by atoms with E-state index in [0.29, 0.717) is 25.2 Å². The van der Waals surface area contributed by atoms with Crippen molar-refractivity contribution in [3.63, 3.8) is 0 Å². The minimum absolute atomic E-state index is 0.252. The van der Waals surface area contributed by atoms with Gasteiger partial charge in [0.1, 0.15) is 4.95 Å². The van der Waals surface area contributed by atoms with Gasteiger partial charge in [0, 0.05) is 19.2 Å². The third-order valence-electron chi connectivity index (χ3n) is 2.91. The Morgan fingerprint density at radius 2 is 2.08 bits per heavy atom. The van der Waals surface area contributed by atoms with Crippen molar-refractivity contribution < 1.29 is 13.2 Å². The molecule has 1 atom stereocenters. The number of aliphatic imine (C=N–C) groups is 1. The van der Waals surface area contributed by atoms with E-state index < -0.39 is 16.7 Å². The Balaban J connectivity index is 3.21. The van der Waals surface area contributed by atoms with E-state index in [4.69, 9.17) is 17.3 Å². The zero-order chi connectivity index (χ0) is 18.3. The minimum atomic E-state index is -4.54. The molecule has 0 spiro atoms. The predicted molar refractivity (Wildman–Crippen MR) is 97.2 cm³/mol. The molecule has 134 valence electrons. The van der Waals surface area contributed by atoms with Crippen LogP contribution >= 0.6 is 27.5 Å². The van der Waals surface area contributed by atoms with E-state index in [1.54, 1.807) is 6.21 Å². The lowest BCUT2D eigenvalue weighted by Crippen LogP contribution is -2.31. The fourth-order valence-corrected chi connectivity index (χ4v) is 2.77. The number of anilines is 1. The molecule has 0 fully saturated rings. The van der Waals surface area contributed by atoms with E-state index in [1.165, 1.54) is 17.1 Å². The molecule has 0 aliphatic carbocycles. The Morgan fingerprint density at radius 3 is 2.62 bits per heavy atom. The second-order valence-electron chi connectivity index (χ2n) is 4.82. The average molecular weight is 428 g/mol. The highest BCUT2D eigenvalue weighted by Crippen LogP contribution is 2.37. The van der Waals surface area contributed by atoms with Crippen LogP contribution in [0.25, 0.3) is 0 Å². The smallest absolute Gasteiger partial charge is 0.387 e. The zero-order valence-electron chi connectivity index (χ0n) is 13.3. The maximum atomic E-state index is 13.1. The van der Waals surface area contributed by atoms with Crippen LogP contribution in [0.3, 0.4) is 0 Å². The van der Waals surface area contributed by atoms with Crippen LogP contribution in [0, 0.1) is 0 Å². The summed E-state index contributed by atoms with van der Waals surface area (Å²) in [6, 6.07) is 3.65. The van der Waals surface area contributed by atoms with E-state index in [0.717, 1.165) is 6.07 Å². The second-order valence-corrected chi connectivity index (χ2v) is 6.28. The van der Waals surface area contributed by atoms with Gasteiger partial charge in [0.25, 0.3) is 0 Å². The fraction of sp³-hybridized carbons (Fsp3) is 0.467. The quantitative estimate of drug-likeness (QED) is 0.218. The summed E-state index contributed by atoms with van der Waals surface area (Å²) in [4.78, 5) is 3.63. The molecule has 9 heteroatoms. The van der Waals surface area contributed by atoms with Gasteiger partial charge in [0.15, 0.2) is 0 Å². The van der Waals surface area contributed by atoms with E-state index in [-0.39, 0.29) is 10.7 Å². The number of benzene rings is 1. The summed E-state index contributed by atoms with van der Waals surface area (Å²) in [7, 11) is 0. The van der Waals surface area contributed by atoms with Gasteiger partial charge in [-0.25, -0.2) is 0 Å². The minimum Gasteiger partial charge on any atom is -0.387 e. The van der Waals surface area contributed by atoms with Gasteiger partial charge >= 0.3 is 6.18 Å². The van der Waals surface area contributed by atoms with Gasteiger partial charge in [-0.15, -0.1) is 0 Å². The molecule has 1 aromatic rings. The van der Waals surface area contributed by atoms with Crippen molar-refractivity contribution in [1.29, 1.82) is 0 Å². The summed E-state index contributed by atoms with van der Waals surface area (Å²) in [6.07, 6.45) is -2.01. The lowest BCUT2D eigenvalue weighted by atomic mass is 10.2. The zero-order valence-corrected chi connectivity index (χ0v) is 15.7. The van der Waals surface area contributed by atoms with Crippen molar-refractivity contribution in [2.45, 2.75) is 37.8 Å². The van der Waals surface area contributed by atoms with Crippen LogP contribution < -0.4 is 10.7 Å². The molecule has 0 saturated heterocycles. The molecule has 1 rings (SSSR count). The molecule has 0 bridgehead atoms. The average Bonchev–Trinajstić information content (AvgIpc) is 2.48. The third kappa shape index (κ3) is 5.98. The number of hydrogen-bond acceptors (Lipinski definition) is 3. The number of hydrogen-bond donors (Lipinski definition) is 1. The van der Waals surface area contributed by atoms with Crippen molar-refractivity contribution in [2.75, 3.05) is 11.6 Å². The molecule has 0 radical (unpaired) electrons. The number of halogens is 5. The molecule has 0 amide bonds. The largest absolute Gasteiger partial charge is 0.417 e. The topological polar surface area (TPSA) is 54.0 Å². The lowest BCUT2D eigenvalue weighted by Gasteiger charge is -2.26. The molecule has 0 saturated carbocycles.